The molecule has 0 spiro atoms. The summed E-state index contributed by atoms with van der Waals surface area (Å²) >= 11 is 1.29. The van der Waals surface area contributed by atoms with E-state index in [9.17, 15) is 0 Å². The molecule has 2 rings (SSSR count). The van der Waals surface area contributed by atoms with Gasteiger partial charge in [-0.05, 0) is 17.7 Å². The number of rotatable bonds is 3. The Morgan fingerprint density at radius 3 is 1.78 bits per heavy atom. The van der Waals surface area contributed by atoms with Crippen molar-refractivity contribution in [1.29, 1.82) is 0 Å². The molecule has 0 N–H and O–H groups in total. The van der Waals surface area contributed by atoms with Gasteiger partial charge in [-0.2, -0.15) is 4.33 Å². The molecule has 0 aliphatic rings. The SMILES string of the molecule is CCC.CCC.CCSOOC.Cc1ccc2ccccc2c1. The van der Waals surface area contributed by atoms with Crippen molar-refractivity contribution in [3.8, 4) is 0 Å². The van der Waals surface area contributed by atoms with Crippen molar-refractivity contribution in [1.82, 2.24) is 0 Å². The van der Waals surface area contributed by atoms with Crippen LogP contribution in [0.5, 0.6) is 0 Å². The van der Waals surface area contributed by atoms with Crippen LogP contribution in [0.4, 0.5) is 0 Å². The Balaban J connectivity index is 0. The van der Waals surface area contributed by atoms with E-state index in [1.807, 2.05) is 6.92 Å². The van der Waals surface area contributed by atoms with E-state index in [1.165, 1.54) is 48.3 Å². The van der Waals surface area contributed by atoms with Crippen molar-refractivity contribution in [2.45, 2.75) is 54.4 Å². The van der Waals surface area contributed by atoms with Crippen LogP contribution in [0.25, 0.3) is 10.8 Å². The summed E-state index contributed by atoms with van der Waals surface area (Å²) in [4.78, 5) is 4.25. The van der Waals surface area contributed by atoms with Crippen molar-refractivity contribution in [3.05, 3.63) is 48.0 Å². The van der Waals surface area contributed by atoms with Crippen molar-refractivity contribution in [3.63, 3.8) is 0 Å². The standard InChI is InChI=1S/C11H10.C3H8O2S.2C3H8/c1-9-6-7-10-4-2-3-5-11(10)8-9;1-3-6-5-4-2;2*1-3-2/h2-8H,1H3;3H2,1-2H3;2*3H2,1-2H3. The fourth-order valence-corrected chi connectivity index (χ4v) is 1.60. The Bertz CT molecular complexity index is 466. The van der Waals surface area contributed by atoms with Crippen LogP contribution in [-0.2, 0) is 9.22 Å². The molecule has 0 amide bonds. The molecule has 0 heterocycles. The van der Waals surface area contributed by atoms with E-state index in [1.54, 1.807) is 0 Å². The molecule has 2 aromatic carbocycles. The summed E-state index contributed by atoms with van der Waals surface area (Å²) in [5, 5.41) is 2.64. The Morgan fingerprint density at radius 1 is 0.826 bits per heavy atom. The summed E-state index contributed by atoms with van der Waals surface area (Å²) in [7, 11) is 1.49. The van der Waals surface area contributed by atoms with E-state index in [4.69, 9.17) is 0 Å². The summed E-state index contributed by atoms with van der Waals surface area (Å²) in [6, 6.07) is 14.9. The molecule has 3 heteroatoms. The van der Waals surface area contributed by atoms with Gasteiger partial charge in [0.25, 0.3) is 0 Å². The highest BCUT2D eigenvalue weighted by atomic mass is 32.2. The average Bonchev–Trinajstić information content (AvgIpc) is 2.55. The first-order valence-electron chi connectivity index (χ1n) is 8.38. The van der Waals surface area contributed by atoms with Crippen LogP contribution >= 0.6 is 12.0 Å². The van der Waals surface area contributed by atoms with Gasteiger partial charge in [0.2, 0.25) is 0 Å². The Kier molecular flexibility index (Phi) is 20.0. The molecule has 0 aliphatic heterocycles. The lowest BCUT2D eigenvalue weighted by molar-refractivity contribution is -0.160. The van der Waals surface area contributed by atoms with Crippen molar-refractivity contribution in [2.24, 2.45) is 0 Å². The second kappa shape index (κ2) is 19.0. The van der Waals surface area contributed by atoms with Crippen molar-refractivity contribution < 1.29 is 9.22 Å². The molecule has 2 nitrogen and oxygen atoms in total. The fourth-order valence-electron chi connectivity index (χ4n) is 1.40. The third-order valence-corrected chi connectivity index (χ3v) is 2.61. The van der Waals surface area contributed by atoms with Crippen LogP contribution in [0.3, 0.4) is 0 Å². The number of benzene rings is 2. The fraction of sp³-hybridized carbons (Fsp3) is 0.500. The van der Waals surface area contributed by atoms with Gasteiger partial charge >= 0.3 is 0 Å². The maximum atomic E-state index is 4.40. The van der Waals surface area contributed by atoms with Gasteiger partial charge in [-0.3, -0.25) is 0 Å². The molecule has 0 unspecified atom stereocenters. The lowest BCUT2D eigenvalue weighted by atomic mass is 10.1. The Labute approximate surface area is 147 Å². The minimum absolute atomic E-state index is 0.924. The first kappa shape index (κ1) is 24.2. The molecule has 2 aromatic rings. The van der Waals surface area contributed by atoms with Gasteiger partial charge in [0.1, 0.15) is 0 Å². The highest BCUT2D eigenvalue weighted by molar-refractivity contribution is 7.94. The highest BCUT2D eigenvalue weighted by Crippen LogP contribution is 2.14. The second-order valence-electron chi connectivity index (χ2n) is 4.91. The smallest absolute Gasteiger partial charge is 0.0725 e. The number of aryl methyl sites for hydroxylation is 1. The molecule has 0 bridgehead atoms. The summed E-state index contributed by atoms with van der Waals surface area (Å²) in [6.07, 6.45) is 2.50. The Morgan fingerprint density at radius 2 is 1.35 bits per heavy atom. The molecule has 23 heavy (non-hydrogen) atoms. The van der Waals surface area contributed by atoms with Crippen LogP contribution in [0, 0.1) is 6.92 Å². The lowest BCUT2D eigenvalue weighted by Crippen LogP contribution is -1.75. The quantitative estimate of drug-likeness (QED) is 0.255. The Hall–Kier alpha value is -1.03. The molecule has 0 fully saturated rings. The molecule has 0 aromatic heterocycles. The molecule has 0 saturated carbocycles. The summed E-state index contributed by atoms with van der Waals surface area (Å²) in [5.41, 5.74) is 1.32. The van der Waals surface area contributed by atoms with Crippen LogP contribution in [-0.4, -0.2) is 12.9 Å². The highest BCUT2D eigenvalue weighted by Gasteiger charge is 1.89. The predicted molar refractivity (Wildman–Crippen MR) is 107 cm³/mol. The molecule has 0 atom stereocenters. The summed E-state index contributed by atoms with van der Waals surface area (Å²) in [6.45, 7) is 12.6. The maximum absolute atomic E-state index is 4.40. The van der Waals surface area contributed by atoms with Crippen LogP contribution in [0.2, 0.25) is 0 Å². The molecule has 132 valence electrons. The van der Waals surface area contributed by atoms with E-state index >= 15 is 0 Å². The van der Waals surface area contributed by atoms with Gasteiger partial charge in [0.05, 0.1) is 7.11 Å². The zero-order valence-electron chi connectivity index (χ0n) is 15.9. The normalized spacial score (nSPS) is 8.83. The third-order valence-electron chi connectivity index (χ3n) is 2.14. The molecule has 0 saturated heterocycles. The van der Waals surface area contributed by atoms with E-state index in [0.29, 0.717) is 0 Å². The topological polar surface area (TPSA) is 18.5 Å². The van der Waals surface area contributed by atoms with Gasteiger partial charge in [0, 0.05) is 17.8 Å². The van der Waals surface area contributed by atoms with E-state index in [-0.39, 0.29) is 0 Å². The molecular formula is C20H34O2S. The van der Waals surface area contributed by atoms with E-state index < -0.39 is 0 Å². The second-order valence-corrected chi connectivity index (χ2v) is 5.86. The van der Waals surface area contributed by atoms with E-state index in [0.717, 1.165) is 5.75 Å². The van der Waals surface area contributed by atoms with Gasteiger partial charge in [-0.1, -0.05) is 95.5 Å². The number of fused-ring (bicyclic) bond motifs is 1. The van der Waals surface area contributed by atoms with Crippen LogP contribution in [0.15, 0.2) is 42.5 Å². The first-order chi connectivity index (χ1) is 11.1. The minimum Gasteiger partial charge on any atom is -0.228 e. The molecular weight excluding hydrogens is 304 g/mol. The number of hydrogen-bond acceptors (Lipinski definition) is 3. The first-order valence-corrected chi connectivity index (χ1v) is 9.29. The van der Waals surface area contributed by atoms with Crippen molar-refractivity contribution >= 4 is 22.8 Å². The largest absolute Gasteiger partial charge is 0.228 e. The van der Waals surface area contributed by atoms with Crippen LogP contribution in [0.1, 0.15) is 53.0 Å². The van der Waals surface area contributed by atoms with Gasteiger partial charge < -0.3 is 0 Å². The number of hydrogen-bond donors (Lipinski definition) is 0. The monoisotopic (exact) mass is 338 g/mol. The molecule has 0 aliphatic carbocycles. The van der Waals surface area contributed by atoms with Crippen LogP contribution < -0.4 is 0 Å². The third kappa shape index (κ3) is 15.6. The minimum atomic E-state index is 0.924. The lowest BCUT2D eigenvalue weighted by Gasteiger charge is -1.96. The molecule has 0 radical (unpaired) electrons. The van der Waals surface area contributed by atoms with Gasteiger partial charge in [-0.25, -0.2) is 4.89 Å². The van der Waals surface area contributed by atoms with E-state index in [2.05, 4.69) is 86.3 Å². The van der Waals surface area contributed by atoms with Gasteiger partial charge in [0.15, 0.2) is 0 Å². The van der Waals surface area contributed by atoms with Gasteiger partial charge in [-0.15, -0.1) is 0 Å². The average molecular weight is 339 g/mol. The zero-order chi connectivity index (χ0) is 17.9. The predicted octanol–water partition coefficient (Wildman–Crippen LogP) is 7.21. The maximum Gasteiger partial charge on any atom is 0.0725 e. The summed E-state index contributed by atoms with van der Waals surface area (Å²) in [5.74, 6) is 0.924. The summed E-state index contributed by atoms with van der Waals surface area (Å²) < 4.78 is 4.40. The van der Waals surface area contributed by atoms with Crippen molar-refractivity contribution in [2.75, 3.05) is 12.9 Å². The zero-order valence-corrected chi connectivity index (χ0v) is 16.7.